The fraction of sp³-hybridized carbons (Fsp3) is 0.375. The summed E-state index contributed by atoms with van der Waals surface area (Å²) in [6, 6.07) is 10.9. The molecule has 0 radical (unpaired) electrons. The predicted molar refractivity (Wildman–Crippen MR) is 126 cm³/mol. The summed E-state index contributed by atoms with van der Waals surface area (Å²) in [4.78, 5) is 2.36. The van der Waals surface area contributed by atoms with Crippen LogP contribution >= 0.6 is 23.5 Å². The van der Waals surface area contributed by atoms with Crippen LogP contribution in [-0.4, -0.2) is 53.2 Å². The Bertz CT molecular complexity index is 875. The van der Waals surface area contributed by atoms with Crippen LogP contribution in [0.5, 0.6) is 0 Å². The van der Waals surface area contributed by atoms with E-state index in [0.29, 0.717) is 0 Å². The molecule has 0 N–H and O–H groups in total. The summed E-state index contributed by atoms with van der Waals surface area (Å²) in [6.07, 6.45) is 13.0. The molecule has 2 aliphatic heterocycles. The molecule has 1 aromatic carbocycles. The molecule has 0 unspecified atom stereocenters. The first kappa shape index (κ1) is 19.7. The van der Waals surface area contributed by atoms with Gasteiger partial charge in [0.05, 0.1) is 10.8 Å². The SMILES string of the molecule is CN1CCS/C1=C\C=C1/CCCC(/C=C/C2=[N+](C)CCS2)=C1c1ccccc1. The molecule has 1 aliphatic carbocycles. The number of hydrogen-bond donors (Lipinski definition) is 0. The minimum Gasteiger partial charge on any atom is -0.369 e. The molecule has 0 saturated carbocycles. The number of thioether (sulfide) groups is 2. The van der Waals surface area contributed by atoms with Crippen LogP contribution in [0.25, 0.3) is 5.57 Å². The van der Waals surface area contributed by atoms with Gasteiger partial charge in [-0.3, -0.25) is 0 Å². The molecular weight excluding hydrogens is 380 g/mol. The van der Waals surface area contributed by atoms with Crippen LogP contribution in [0.1, 0.15) is 24.8 Å². The lowest BCUT2D eigenvalue weighted by Crippen LogP contribution is -2.10. The highest BCUT2D eigenvalue weighted by Crippen LogP contribution is 2.38. The van der Waals surface area contributed by atoms with Crippen molar-refractivity contribution in [2.75, 3.05) is 38.7 Å². The van der Waals surface area contributed by atoms with Crippen molar-refractivity contribution in [2.45, 2.75) is 19.3 Å². The van der Waals surface area contributed by atoms with Gasteiger partial charge in [0.15, 0.2) is 6.54 Å². The number of rotatable bonds is 4. The first-order valence-corrected chi connectivity index (χ1v) is 12.1. The maximum Gasteiger partial charge on any atom is 0.234 e. The second kappa shape index (κ2) is 9.23. The zero-order valence-corrected chi connectivity index (χ0v) is 18.5. The van der Waals surface area contributed by atoms with Gasteiger partial charge < -0.3 is 4.90 Å². The molecule has 3 aliphatic rings. The van der Waals surface area contributed by atoms with E-state index >= 15 is 0 Å². The monoisotopic (exact) mass is 409 g/mol. The molecule has 1 saturated heterocycles. The summed E-state index contributed by atoms with van der Waals surface area (Å²) in [5.41, 5.74) is 5.74. The van der Waals surface area contributed by atoms with Crippen LogP contribution in [0, 0.1) is 0 Å². The van der Waals surface area contributed by atoms with Crippen molar-refractivity contribution in [1.82, 2.24) is 4.90 Å². The normalized spacial score (nSPS) is 23.9. The second-order valence-corrected chi connectivity index (χ2v) is 9.76. The van der Waals surface area contributed by atoms with Crippen molar-refractivity contribution in [3.05, 3.63) is 76.4 Å². The smallest absolute Gasteiger partial charge is 0.234 e. The number of benzene rings is 1. The Hall–Kier alpha value is -1.65. The summed E-state index contributed by atoms with van der Waals surface area (Å²) in [6.45, 7) is 2.30. The number of allylic oxidation sites excluding steroid dienone is 6. The van der Waals surface area contributed by atoms with Crippen LogP contribution in [0.2, 0.25) is 0 Å². The molecule has 146 valence electrons. The third-order valence-electron chi connectivity index (χ3n) is 5.56. The lowest BCUT2D eigenvalue weighted by atomic mass is 9.83. The van der Waals surface area contributed by atoms with Gasteiger partial charge in [0, 0.05) is 25.4 Å². The van der Waals surface area contributed by atoms with E-state index in [2.05, 4.69) is 78.2 Å². The van der Waals surface area contributed by atoms with Crippen LogP contribution in [0.3, 0.4) is 0 Å². The first-order chi connectivity index (χ1) is 13.7. The van der Waals surface area contributed by atoms with Gasteiger partial charge >= 0.3 is 0 Å². The molecule has 0 spiro atoms. The van der Waals surface area contributed by atoms with Crippen molar-refractivity contribution in [1.29, 1.82) is 0 Å². The molecular formula is C24H29N2S2+. The summed E-state index contributed by atoms with van der Waals surface area (Å²) in [5.74, 6) is 2.40. The van der Waals surface area contributed by atoms with Crippen molar-refractivity contribution >= 4 is 34.1 Å². The lowest BCUT2D eigenvalue weighted by molar-refractivity contribution is -0.485. The molecule has 1 aromatic rings. The quantitative estimate of drug-likeness (QED) is 0.614. The van der Waals surface area contributed by atoms with Crippen molar-refractivity contribution < 1.29 is 4.58 Å². The van der Waals surface area contributed by atoms with Crippen LogP contribution in [0.4, 0.5) is 0 Å². The van der Waals surface area contributed by atoms with E-state index in [-0.39, 0.29) is 0 Å². The van der Waals surface area contributed by atoms with Gasteiger partial charge in [-0.25, -0.2) is 4.58 Å². The van der Waals surface area contributed by atoms with Crippen LogP contribution < -0.4 is 0 Å². The van der Waals surface area contributed by atoms with Crippen molar-refractivity contribution in [3.8, 4) is 0 Å². The summed E-state index contributed by atoms with van der Waals surface area (Å²) in [5, 5.41) is 2.78. The fourth-order valence-electron chi connectivity index (χ4n) is 3.94. The van der Waals surface area contributed by atoms with E-state index in [4.69, 9.17) is 0 Å². The molecule has 4 heteroatoms. The van der Waals surface area contributed by atoms with E-state index in [1.54, 1.807) is 0 Å². The third-order valence-corrected chi connectivity index (χ3v) is 7.82. The summed E-state index contributed by atoms with van der Waals surface area (Å²) in [7, 11) is 4.39. The maximum absolute atomic E-state index is 2.38. The minimum atomic E-state index is 1.15. The Morgan fingerprint density at radius 1 is 1.00 bits per heavy atom. The maximum atomic E-state index is 2.38. The topological polar surface area (TPSA) is 6.25 Å². The average Bonchev–Trinajstić information content (AvgIpc) is 3.33. The van der Waals surface area contributed by atoms with E-state index in [1.165, 1.54) is 50.3 Å². The van der Waals surface area contributed by atoms with Crippen LogP contribution in [-0.2, 0) is 0 Å². The first-order valence-electron chi connectivity index (χ1n) is 10.1. The highest BCUT2D eigenvalue weighted by Gasteiger charge is 2.20. The highest BCUT2D eigenvalue weighted by atomic mass is 32.2. The standard InChI is InChI=1S/C24H29N2S2/c1-25-15-17-27-22(25)13-11-20-9-6-10-21(12-14-23-26(2)16-18-28-23)24(20)19-7-4-3-5-8-19/h3-5,7-8,11-14H,6,9-10,15-18H2,1-2H3/q+1. The molecule has 0 bridgehead atoms. The molecule has 28 heavy (non-hydrogen) atoms. The highest BCUT2D eigenvalue weighted by molar-refractivity contribution is 8.14. The van der Waals surface area contributed by atoms with Gasteiger partial charge in [-0.05, 0) is 47.6 Å². The van der Waals surface area contributed by atoms with Gasteiger partial charge in [0.25, 0.3) is 0 Å². The van der Waals surface area contributed by atoms with Crippen molar-refractivity contribution in [3.63, 3.8) is 0 Å². The van der Waals surface area contributed by atoms with E-state index in [0.717, 1.165) is 25.9 Å². The van der Waals surface area contributed by atoms with E-state index in [9.17, 15) is 0 Å². The largest absolute Gasteiger partial charge is 0.369 e. The minimum absolute atomic E-state index is 1.15. The lowest BCUT2D eigenvalue weighted by Gasteiger charge is -2.22. The molecule has 4 rings (SSSR count). The molecule has 0 aromatic heterocycles. The molecule has 2 nitrogen and oxygen atoms in total. The second-order valence-electron chi connectivity index (χ2n) is 7.53. The number of hydrogen-bond acceptors (Lipinski definition) is 3. The fourth-order valence-corrected chi connectivity index (χ4v) is 6.04. The van der Waals surface area contributed by atoms with Gasteiger partial charge in [-0.1, -0.05) is 54.2 Å². The molecule has 0 atom stereocenters. The van der Waals surface area contributed by atoms with Gasteiger partial charge in [0.2, 0.25) is 5.04 Å². The summed E-state index contributed by atoms with van der Waals surface area (Å²) >= 11 is 3.93. The molecule has 0 amide bonds. The molecule has 2 heterocycles. The summed E-state index contributed by atoms with van der Waals surface area (Å²) < 4.78 is 2.36. The van der Waals surface area contributed by atoms with E-state index in [1.807, 2.05) is 23.5 Å². The van der Waals surface area contributed by atoms with Crippen LogP contribution in [0.15, 0.2) is 70.8 Å². The predicted octanol–water partition coefficient (Wildman–Crippen LogP) is 5.41. The Kier molecular flexibility index (Phi) is 6.48. The Morgan fingerprint density at radius 3 is 2.57 bits per heavy atom. The van der Waals surface area contributed by atoms with Gasteiger partial charge in [0.1, 0.15) is 7.05 Å². The average molecular weight is 410 g/mol. The van der Waals surface area contributed by atoms with Gasteiger partial charge in [-0.15, -0.1) is 11.8 Å². The van der Waals surface area contributed by atoms with E-state index < -0.39 is 0 Å². The zero-order valence-electron chi connectivity index (χ0n) is 16.9. The third kappa shape index (κ3) is 4.49. The Balaban J connectivity index is 1.73. The van der Waals surface area contributed by atoms with Crippen molar-refractivity contribution in [2.24, 2.45) is 0 Å². The Labute approximate surface area is 177 Å². The molecule has 1 fully saturated rings. The Morgan fingerprint density at radius 2 is 1.86 bits per heavy atom. The van der Waals surface area contributed by atoms with Gasteiger partial charge in [-0.2, -0.15) is 0 Å². The zero-order chi connectivity index (χ0) is 19.3. The number of nitrogens with zero attached hydrogens (tertiary/aromatic N) is 2.